The van der Waals surface area contributed by atoms with E-state index in [-0.39, 0.29) is 24.0 Å². The fourth-order valence-electron chi connectivity index (χ4n) is 2.82. The summed E-state index contributed by atoms with van der Waals surface area (Å²) in [4.78, 5) is 23.9. The van der Waals surface area contributed by atoms with Gasteiger partial charge in [-0.1, -0.05) is 6.07 Å². The maximum absolute atomic E-state index is 12.1. The van der Waals surface area contributed by atoms with E-state index in [2.05, 4.69) is 0 Å². The van der Waals surface area contributed by atoms with E-state index in [0.29, 0.717) is 5.56 Å². The van der Waals surface area contributed by atoms with E-state index in [9.17, 15) is 19.8 Å². The van der Waals surface area contributed by atoms with Crippen molar-refractivity contribution in [3.63, 3.8) is 0 Å². The molecular formula is C19H27NO7. The predicted octanol–water partition coefficient (Wildman–Crippen LogP) is 2.38. The van der Waals surface area contributed by atoms with Gasteiger partial charge in [-0.3, -0.25) is 4.79 Å². The molecule has 0 saturated heterocycles. The van der Waals surface area contributed by atoms with Crippen LogP contribution in [0.2, 0.25) is 0 Å². The smallest absolute Gasteiger partial charge is 0.504 e. The predicted molar refractivity (Wildman–Crippen MR) is 96.3 cm³/mol. The molecule has 0 unspecified atom stereocenters. The zero-order valence-corrected chi connectivity index (χ0v) is 15.6. The topological polar surface area (TPSA) is 128 Å². The average Bonchev–Trinajstić information content (AvgIpc) is 3.10. The van der Waals surface area contributed by atoms with Gasteiger partial charge in [0.15, 0.2) is 11.5 Å². The van der Waals surface area contributed by atoms with Crippen LogP contribution in [0.4, 0.5) is 4.79 Å². The minimum absolute atomic E-state index is 0.0993. The summed E-state index contributed by atoms with van der Waals surface area (Å²) >= 11 is 0. The Balaban J connectivity index is 1.78. The molecule has 1 aliphatic carbocycles. The number of carbonyl (C=O) groups is 2. The third-order valence-electron chi connectivity index (χ3n) is 4.61. The molecule has 4 N–H and O–H groups in total. The van der Waals surface area contributed by atoms with Gasteiger partial charge in [-0.25, -0.2) is 4.79 Å². The van der Waals surface area contributed by atoms with Crippen molar-refractivity contribution < 1.29 is 34.0 Å². The van der Waals surface area contributed by atoms with Crippen molar-refractivity contribution in [2.75, 3.05) is 0 Å². The number of nitrogens with two attached hydrogens (primary N) is 1. The van der Waals surface area contributed by atoms with Crippen LogP contribution < -0.4 is 5.73 Å². The second kappa shape index (κ2) is 9.45. The molecule has 0 bridgehead atoms. The van der Waals surface area contributed by atoms with Crippen LogP contribution in [0.5, 0.6) is 11.5 Å². The number of phenolic OH excluding ortho intramolecular Hbond substituents is 2. The van der Waals surface area contributed by atoms with E-state index >= 15 is 0 Å². The van der Waals surface area contributed by atoms with Crippen molar-refractivity contribution in [2.45, 2.75) is 70.3 Å². The van der Waals surface area contributed by atoms with Gasteiger partial charge >= 0.3 is 12.1 Å². The molecule has 1 aromatic carbocycles. The van der Waals surface area contributed by atoms with Crippen LogP contribution in [-0.4, -0.2) is 46.7 Å². The van der Waals surface area contributed by atoms with Gasteiger partial charge in [0.05, 0.1) is 0 Å². The molecule has 27 heavy (non-hydrogen) atoms. The Morgan fingerprint density at radius 2 is 1.74 bits per heavy atom. The van der Waals surface area contributed by atoms with Crippen LogP contribution in [-0.2, 0) is 25.4 Å². The first-order valence-electron chi connectivity index (χ1n) is 9.10. The fourth-order valence-corrected chi connectivity index (χ4v) is 2.82. The summed E-state index contributed by atoms with van der Waals surface area (Å²) in [6, 6.07) is 3.23. The third-order valence-corrected chi connectivity index (χ3v) is 4.61. The van der Waals surface area contributed by atoms with Crippen LogP contribution in [0.3, 0.4) is 0 Å². The maximum atomic E-state index is 12.1. The Morgan fingerprint density at radius 1 is 1.11 bits per heavy atom. The van der Waals surface area contributed by atoms with E-state index in [0.717, 1.165) is 25.7 Å². The number of esters is 1. The Bertz CT molecular complexity index is 657. The molecule has 0 amide bonds. The minimum atomic E-state index is -0.964. The molecule has 2 rings (SSSR count). The summed E-state index contributed by atoms with van der Waals surface area (Å²) in [6.45, 7) is 3.21. The largest absolute Gasteiger partial charge is 0.508 e. The highest BCUT2D eigenvalue weighted by molar-refractivity contribution is 5.76. The Labute approximate surface area is 158 Å². The van der Waals surface area contributed by atoms with Crippen molar-refractivity contribution in [1.29, 1.82) is 0 Å². The van der Waals surface area contributed by atoms with Gasteiger partial charge in [0.1, 0.15) is 24.4 Å². The van der Waals surface area contributed by atoms with Gasteiger partial charge in [-0.2, -0.15) is 0 Å². The highest BCUT2D eigenvalue weighted by atomic mass is 16.7. The number of ether oxygens (including phenoxy) is 3. The summed E-state index contributed by atoms with van der Waals surface area (Å²) in [5.74, 6) is -1.20. The molecule has 0 spiro atoms. The number of benzene rings is 1. The molecule has 1 aromatic rings. The highest BCUT2D eigenvalue weighted by Gasteiger charge is 2.26. The average molecular weight is 381 g/mol. The number of hydrogen-bond acceptors (Lipinski definition) is 8. The number of aromatic hydroxyl groups is 2. The van der Waals surface area contributed by atoms with Gasteiger partial charge in [0, 0.05) is 0 Å². The van der Waals surface area contributed by atoms with Gasteiger partial charge in [0.2, 0.25) is 0 Å². The van der Waals surface area contributed by atoms with Crippen molar-refractivity contribution in [1.82, 2.24) is 0 Å². The first-order chi connectivity index (χ1) is 12.8. The lowest BCUT2D eigenvalue weighted by Gasteiger charge is -2.23. The molecule has 1 fully saturated rings. The van der Waals surface area contributed by atoms with Crippen LogP contribution in [0.25, 0.3) is 0 Å². The minimum Gasteiger partial charge on any atom is -0.504 e. The third kappa shape index (κ3) is 6.32. The first kappa shape index (κ1) is 20.8. The molecular weight excluding hydrogens is 354 g/mol. The summed E-state index contributed by atoms with van der Waals surface area (Å²) in [6.07, 6.45) is 1.64. The van der Waals surface area contributed by atoms with Crippen molar-refractivity contribution in [3.8, 4) is 11.5 Å². The van der Waals surface area contributed by atoms with E-state index in [1.807, 2.05) is 0 Å². The summed E-state index contributed by atoms with van der Waals surface area (Å²) in [7, 11) is 0. The molecule has 8 heteroatoms. The van der Waals surface area contributed by atoms with Gasteiger partial charge < -0.3 is 30.2 Å². The molecule has 1 saturated carbocycles. The quantitative estimate of drug-likeness (QED) is 0.485. The van der Waals surface area contributed by atoms with Crippen molar-refractivity contribution >= 4 is 12.1 Å². The Kier molecular flexibility index (Phi) is 7.29. The van der Waals surface area contributed by atoms with Crippen molar-refractivity contribution in [2.24, 2.45) is 5.73 Å². The lowest BCUT2D eigenvalue weighted by atomic mass is 10.1. The van der Waals surface area contributed by atoms with E-state index < -0.39 is 30.4 Å². The molecule has 1 aliphatic rings. The first-order valence-corrected chi connectivity index (χ1v) is 9.10. The summed E-state index contributed by atoms with van der Waals surface area (Å²) in [5.41, 5.74) is 6.42. The zero-order valence-electron chi connectivity index (χ0n) is 15.6. The molecule has 3 atom stereocenters. The number of carbonyl (C=O) groups excluding carboxylic acids is 2. The number of phenols is 2. The van der Waals surface area contributed by atoms with Crippen LogP contribution in [0, 0.1) is 0 Å². The summed E-state index contributed by atoms with van der Waals surface area (Å²) < 4.78 is 15.6. The normalized spacial score (nSPS) is 17.7. The molecule has 0 radical (unpaired) electrons. The second-order valence-corrected chi connectivity index (χ2v) is 6.87. The van der Waals surface area contributed by atoms with Gasteiger partial charge in [-0.05, 0) is 63.6 Å². The van der Waals surface area contributed by atoms with E-state index in [4.69, 9.17) is 19.9 Å². The standard InChI is InChI=1S/C19H27NO7/c1-11(12(2)26-19(24)27-14-5-3-4-6-14)25-18(23)15(20)9-13-7-8-16(21)17(22)10-13/h7-8,10-12,14-15,21-22H,3-6,9,20H2,1-2H3/t11-,12-,15+/m1/s1. The van der Waals surface area contributed by atoms with Crippen LogP contribution >= 0.6 is 0 Å². The lowest BCUT2D eigenvalue weighted by molar-refractivity contribution is -0.155. The lowest BCUT2D eigenvalue weighted by Crippen LogP contribution is -2.39. The monoisotopic (exact) mass is 381 g/mol. The molecule has 150 valence electrons. The molecule has 0 aliphatic heterocycles. The van der Waals surface area contributed by atoms with E-state index in [1.165, 1.54) is 12.1 Å². The van der Waals surface area contributed by atoms with Crippen LogP contribution in [0.15, 0.2) is 18.2 Å². The fraction of sp³-hybridized carbons (Fsp3) is 0.579. The molecule has 0 aromatic heterocycles. The summed E-state index contributed by atoms with van der Waals surface area (Å²) in [5, 5.41) is 18.8. The molecule has 8 nitrogen and oxygen atoms in total. The Morgan fingerprint density at radius 3 is 2.37 bits per heavy atom. The second-order valence-electron chi connectivity index (χ2n) is 6.87. The zero-order chi connectivity index (χ0) is 20.0. The Hall–Kier alpha value is -2.48. The number of rotatable bonds is 7. The van der Waals surface area contributed by atoms with E-state index in [1.54, 1.807) is 19.9 Å². The van der Waals surface area contributed by atoms with Gasteiger partial charge in [0.25, 0.3) is 0 Å². The highest BCUT2D eigenvalue weighted by Crippen LogP contribution is 2.25. The maximum Gasteiger partial charge on any atom is 0.508 e. The molecule has 0 heterocycles. The van der Waals surface area contributed by atoms with Gasteiger partial charge in [-0.15, -0.1) is 0 Å². The van der Waals surface area contributed by atoms with Crippen LogP contribution in [0.1, 0.15) is 45.1 Å². The van der Waals surface area contributed by atoms with Crippen molar-refractivity contribution in [3.05, 3.63) is 23.8 Å². The number of hydrogen-bond donors (Lipinski definition) is 3. The SMILES string of the molecule is C[C@@H](OC(=O)OC1CCCC1)[C@@H](C)OC(=O)[C@@H](N)Cc1ccc(O)c(O)c1.